The van der Waals surface area contributed by atoms with Gasteiger partial charge in [-0.3, -0.25) is 8.32 Å². The lowest BCUT2D eigenvalue weighted by Crippen LogP contribution is -2.09. The summed E-state index contributed by atoms with van der Waals surface area (Å²) in [5, 5.41) is 0.644. The molecule has 5 nitrogen and oxygen atoms in total. The summed E-state index contributed by atoms with van der Waals surface area (Å²) in [5.41, 5.74) is 0. The SMILES string of the molecule is O=C(NI)c1cnc(-c2ncccn2)s1. The Bertz CT molecular complexity index is 473. The van der Waals surface area contributed by atoms with Crippen LogP contribution in [0.1, 0.15) is 9.67 Å². The molecule has 0 aliphatic heterocycles. The standard InChI is InChI=1S/C8H5IN4OS/c9-13-7(14)5-4-12-8(15-5)6-10-2-1-3-11-6/h1-4H,(H,13,14). The highest BCUT2D eigenvalue weighted by atomic mass is 127. The minimum Gasteiger partial charge on any atom is -0.294 e. The van der Waals surface area contributed by atoms with Gasteiger partial charge in [0, 0.05) is 12.4 Å². The van der Waals surface area contributed by atoms with Crippen molar-refractivity contribution in [1.29, 1.82) is 0 Å². The maximum Gasteiger partial charge on any atom is 0.271 e. The van der Waals surface area contributed by atoms with Gasteiger partial charge in [0.1, 0.15) is 4.88 Å². The minimum atomic E-state index is -0.157. The van der Waals surface area contributed by atoms with E-state index in [1.807, 2.05) is 0 Å². The number of nitrogens with one attached hydrogen (secondary N) is 1. The van der Waals surface area contributed by atoms with E-state index in [1.54, 1.807) is 41.3 Å². The van der Waals surface area contributed by atoms with Crippen molar-refractivity contribution in [3.63, 3.8) is 0 Å². The minimum absolute atomic E-state index is 0.157. The Hall–Kier alpha value is -1.09. The summed E-state index contributed by atoms with van der Waals surface area (Å²) < 4.78 is 2.51. The van der Waals surface area contributed by atoms with Crippen LogP contribution in [0, 0.1) is 0 Å². The molecule has 2 aromatic rings. The number of hydrogen-bond acceptors (Lipinski definition) is 5. The van der Waals surface area contributed by atoms with E-state index >= 15 is 0 Å². The van der Waals surface area contributed by atoms with E-state index in [9.17, 15) is 4.79 Å². The fraction of sp³-hybridized carbons (Fsp3) is 0. The topological polar surface area (TPSA) is 67.8 Å². The predicted octanol–water partition coefficient (Wildman–Crippen LogP) is 1.68. The van der Waals surface area contributed by atoms with E-state index in [4.69, 9.17) is 0 Å². The van der Waals surface area contributed by atoms with Crippen molar-refractivity contribution in [3.05, 3.63) is 29.5 Å². The summed E-state index contributed by atoms with van der Waals surface area (Å²) in [4.78, 5) is 24.0. The molecular formula is C8H5IN4OS. The van der Waals surface area contributed by atoms with Crippen molar-refractivity contribution in [2.24, 2.45) is 0 Å². The van der Waals surface area contributed by atoms with Crippen molar-refractivity contribution in [3.8, 4) is 10.8 Å². The van der Waals surface area contributed by atoms with E-state index in [0.717, 1.165) is 0 Å². The van der Waals surface area contributed by atoms with E-state index in [-0.39, 0.29) is 5.91 Å². The molecule has 0 aromatic carbocycles. The fourth-order valence-electron chi connectivity index (χ4n) is 0.939. The second-order valence-corrected chi connectivity index (χ2v) is 4.10. The van der Waals surface area contributed by atoms with Crippen LogP contribution in [0.4, 0.5) is 0 Å². The van der Waals surface area contributed by atoms with Gasteiger partial charge in [-0.15, -0.1) is 11.3 Å². The second kappa shape index (κ2) is 4.62. The fourth-order valence-corrected chi connectivity index (χ4v) is 2.17. The molecule has 0 unspecified atom stereocenters. The van der Waals surface area contributed by atoms with Crippen LogP contribution in [-0.4, -0.2) is 20.9 Å². The first-order valence-corrected chi connectivity index (χ1v) is 5.85. The van der Waals surface area contributed by atoms with E-state index in [2.05, 4.69) is 18.5 Å². The van der Waals surface area contributed by atoms with Gasteiger partial charge in [-0.25, -0.2) is 15.0 Å². The van der Waals surface area contributed by atoms with Crippen LogP contribution in [0.3, 0.4) is 0 Å². The van der Waals surface area contributed by atoms with Crippen LogP contribution < -0.4 is 3.53 Å². The quantitative estimate of drug-likeness (QED) is 0.671. The van der Waals surface area contributed by atoms with Gasteiger partial charge in [0.15, 0.2) is 10.8 Å². The van der Waals surface area contributed by atoms with Gasteiger partial charge in [0.25, 0.3) is 5.91 Å². The lowest BCUT2D eigenvalue weighted by molar-refractivity contribution is 0.0993. The van der Waals surface area contributed by atoms with Crippen molar-refractivity contribution in [1.82, 2.24) is 18.5 Å². The zero-order valence-electron chi connectivity index (χ0n) is 7.35. The molecule has 0 aliphatic rings. The van der Waals surface area contributed by atoms with Crippen LogP contribution in [0.15, 0.2) is 24.7 Å². The molecular weight excluding hydrogens is 327 g/mol. The molecule has 0 spiro atoms. The highest BCUT2D eigenvalue weighted by Gasteiger charge is 2.11. The zero-order chi connectivity index (χ0) is 10.7. The van der Waals surface area contributed by atoms with E-state index in [1.165, 1.54) is 17.5 Å². The third-order valence-electron chi connectivity index (χ3n) is 1.57. The molecule has 76 valence electrons. The summed E-state index contributed by atoms with van der Waals surface area (Å²) in [6.45, 7) is 0. The molecule has 0 radical (unpaired) electrons. The number of aromatic nitrogens is 3. The first-order valence-electron chi connectivity index (χ1n) is 3.95. The molecule has 0 bridgehead atoms. The number of carbonyl (C=O) groups excluding carboxylic acids is 1. The number of halogens is 1. The van der Waals surface area contributed by atoms with Gasteiger partial charge in [0.2, 0.25) is 0 Å². The lowest BCUT2D eigenvalue weighted by atomic mass is 10.5. The molecule has 0 saturated carbocycles. The first-order chi connectivity index (χ1) is 7.31. The smallest absolute Gasteiger partial charge is 0.271 e. The predicted molar refractivity (Wildman–Crippen MR) is 64.6 cm³/mol. The lowest BCUT2D eigenvalue weighted by Gasteiger charge is -1.91. The molecule has 2 aromatic heterocycles. The zero-order valence-corrected chi connectivity index (χ0v) is 10.3. The van der Waals surface area contributed by atoms with Crippen LogP contribution in [0.5, 0.6) is 0 Å². The third-order valence-corrected chi connectivity index (χ3v) is 3.05. The maximum absolute atomic E-state index is 11.3. The molecule has 2 rings (SSSR count). The largest absolute Gasteiger partial charge is 0.294 e. The van der Waals surface area contributed by atoms with Gasteiger partial charge >= 0.3 is 0 Å². The second-order valence-electron chi connectivity index (χ2n) is 2.53. The van der Waals surface area contributed by atoms with E-state index in [0.29, 0.717) is 15.7 Å². The number of carbonyl (C=O) groups is 1. The van der Waals surface area contributed by atoms with E-state index < -0.39 is 0 Å². The summed E-state index contributed by atoms with van der Waals surface area (Å²) in [6, 6.07) is 1.73. The molecule has 2 heterocycles. The Morgan fingerprint density at radius 2 is 2.07 bits per heavy atom. The van der Waals surface area contributed by atoms with Crippen LogP contribution in [0.2, 0.25) is 0 Å². The number of hydrogen-bond donors (Lipinski definition) is 1. The summed E-state index contributed by atoms with van der Waals surface area (Å²) >= 11 is 3.05. The number of amides is 1. The van der Waals surface area contributed by atoms with Crippen molar-refractivity contribution >= 4 is 40.1 Å². The molecule has 1 N–H and O–H groups in total. The number of rotatable bonds is 2. The molecule has 0 atom stereocenters. The Morgan fingerprint density at radius 3 is 2.73 bits per heavy atom. The molecule has 1 amide bonds. The molecule has 0 aliphatic carbocycles. The summed E-state index contributed by atoms with van der Waals surface area (Å²) in [5.74, 6) is 0.380. The molecule has 0 fully saturated rings. The van der Waals surface area contributed by atoms with Crippen molar-refractivity contribution in [2.45, 2.75) is 0 Å². The summed E-state index contributed by atoms with van der Waals surface area (Å²) in [7, 11) is 0. The van der Waals surface area contributed by atoms with Crippen LogP contribution in [-0.2, 0) is 0 Å². The van der Waals surface area contributed by atoms with Crippen molar-refractivity contribution in [2.75, 3.05) is 0 Å². The monoisotopic (exact) mass is 332 g/mol. The molecule has 0 saturated heterocycles. The van der Waals surface area contributed by atoms with Gasteiger partial charge in [-0.2, -0.15) is 0 Å². The summed E-state index contributed by atoms with van der Waals surface area (Å²) in [6.07, 6.45) is 4.80. The van der Waals surface area contributed by atoms with Crippen molar-refractivity contribution < 1.29 is 4.79 Å². The maximum atomic E-state index is 11.3. The van der Waals surface area contributed by atoms with Crippen LogP contribution in [0.25, 0.3) is 10.8 Å². The average Bonchev–Trinajstić information content (AvgIpc) is 2.78. The average molecular weight is 332 g/mol. The molecule has 15 heavy (non-hydrogen) atoms. The first kappa shape index (κ1) is 10.4. The van der Waals surface area contributed by atoms with Crippen LogP contribution >= 0.6 is 34.2 Å². The van der Waals surface area contributed by atoms with Gasteiger partial charge in [-0.05, 0) is 6.07 Å². The Labute approximate surface area is 103 Å². The molecule has 7 heteroatoms. The Morgan fingerprint density at radius 1 is 1.33 bits per heavy atom. The third kappa shape index (κ3) is 2.29. The Kier molecular flexibility index (Phi) is 3.21. The Balaban J connectivity index is 2.32. The number of thiazole rings is 1. The highest BCUT2D eigenvalue weighted by Crippen LogP contribution is 2.21. The van der Waals surface area contributed by atoms with Gasteiger partial charge in [0.05, 0.1) is 29.1 Å². The van der Waals surface area contributed by atoms with Gasteiger partial charge < -0.3 is 0 Å². The highest BCUT2D eigenvalue weighted by molar-refractivity contribution is 14.1. The van der Waals surface area contributed by atoms with Gasteiger partial charge in [-0.1, -0.05) is 0 Å². The normalized spacial score (nSPS) is 9.93. The number of nitrogens with zero attached hydrogens (tertiary/aromatic N) is 3.